The lowest BCUT2D eigenvalue weighted by molar-refractivity contribution is -0.117. The van der Waals surface area contributed by atoms with Gasteiger partial charge in [0.25, 0.3) is 0 Å². The number of carbonyl (C=O) groups is 1. The van der Waals surface area contributed by atoms with E-state index >= 15 is 0 Å². The topological polar surface area (TPSA) is 42.0 Å². The van der Waals surface area contributed by atoms with Gasteiger partial charge in [0, 0.05) is 11.6 Å². The van der Waals surface area contributed by atoms with Gasteiger partial charge in [-0.2, -0.15) is 0 Å². The van der Waals surface area contributed by atoms with Crippen LogP contribution in [0.15, 0.2) is 18.2 Å². The maximum absolute atomic E-state index is 11.8. The number of aromatic nitrogens is 1. The zero-order valence-corrected chi connectivity index (χ0v) is 10.7. The highest BCUT2D eigenvalue weighted by atomic mass is 32.1. The average molecular weight is 246 g/mol. The highest BCUT2D eigenvalue weighted by Gasteiger charge is 2.39. The minimum atomic E-state index is 0.151. The van der Waals surface area contributed by atoms with Gasteiger partial charge in [0.1, 0.15) is 0 Å². The molecule has 88 valence electrons. The van der Waals surface area contributed by atoms with Crippen LogP contribution in [0.3, 0.4) is 0 Å². The fourth-order valence-electron chi connectivity index (χ4n) is 2.04. The fourth-order valence-corrected chi connectivity index (χ4v) is 2.91. The molecule has 1 amide bonds. The van der Waals surface area contributed by atoms with Crippen molar-refractivity contribution in [3.05, 3.63) is 23.2 Å². The van der Waals surface area contributed by atoms with E-state index in [1.165, 1.54) is 0 Å². The average Bonchev–Trinajstić information content (AvgIpc) is 2.87. The number of nitrogens with one attached hydrogen (secondary N) is 1. The Hall–Kier alpha value is -1.42. The van der Waals surface area contributed by atoms with Crippen LogP contribution >= 0.6 is 11.3 Å². The molecule has 4 heteroatoms. The molecule has 1 N–H and O–H groups in total. The molecule has 0 bridgehead atoms. The van der Waals surface area contributed by atoms with Crippen molar-refractivity contribution in [2.75, 3.05) is 5.32 Å². The molecule has 17 heavy (non-hydrogen) atoms. The van der Waals surface area contributed by atoms with E-state index in [0.29, 0.717) is 5.92 Å². The number of anilines is 1. The summed E-state index contributed by atoms with van der Waals surface area (Å²) in [5.41, 5.74) is 1.88. The normalized spacial score (nSPS) is 22.7. The molecule has 0 aliphatic heterocycles. The van der Waals surface area contributed by atoms with Crippen LogP contribution in [-0.4, -0.2) is 10.9 Å². The lowest BCUT2D eigenvalue weighted by atomic mass is 10.2. The third kappa shape index (κ3) is 2.05. The lowest BCUT2D eigenvalue weighted by Crippen LogP contribution is -2.14. The van der Waals surface area contributed by atoms with Crippen LogP contribution < -0.4 is 5.32 Å². The molecule has 0 spiro atoms. The van der Waals surface area contributed by atoms with E-state index in [0.717, 1.165) is 27.3 Å². The van der Waals surface area contributed by atoms with Crippen molar-refractivity contribution in [1.29, 1.82) is 0 Å². The summed E-state index contributed by atoms with van der Waals surface area (Å²) in [6.07, 6.45) is 1.02. The standard InChI is InChI=1S/C13H14N2OS/c1-7-5-10(7)13(16)15-9-3-4-11-12(6-9)17-8(2)14-11/h3-4,6-7,10H,5H2,1-2H3,(H,15,16)/t7-,10+/m0/s1. The number of carbonyl (C=O) groups excluding carboxylic acids is 1. The van der Waals surface area contributed by atoms with Crippen LogP contribution in [0, 0.1) is 18.8 Å². The Bertz CT molecular complexity index is 590. The van der Waals surface area contributed by atoms with Gasteiger partial charge in [-0.3, -0.25) is 4.79 Å². The second-order valence-electron chi connectivity index (χ2n) is 4.72. The summed E-state index contributed by atoms with van der Waals surface area (Å²) in [5.74, 6) is 0.913. The summed E-state index contributed by atoms with van der Waals surface area (Å²) >= 11 is 1.66. The summed E-state index contributed by atoms with van der Waals surface area (Å²) < 4.78 is 1.13. The predicted molar refractivity (Wildman–Crippen MR) is 70.3 cm³/mol. The summed E-state index contributed by atoms with van der Waals surface area (Å²) in [7, 11) is 0. The molecule has 1 aromatic heterocycles. The first-order valence-electron chi connectivity index (χ1n) is 5.81. The van der Waals surface area contributed by atoms with E-state index in [1.54, 1.807) is 11.3 Å². The van der Waals surface area contributed by atoms with Crippen molar-refractivity contribution in [1.82, 2.24) is 4.98 Å². The van der Waals surface area contributed by atoms with Gasteiger partial charge in [0.15, 0.2) is 0 Å². The van der Waals surface area contributed by atoms with Gasteiger partial charge in [0.2, 0.25) is 5.91 Å². The minimum absolute atomic E-state index is 0.151. The number of fused-ring (bicyclic) bond motifs is 1. The van der Waals surface area contributed by atoms with E-state index in [1.807, 2.05) is 25.1 Å². The fraction of sp³-hybridized carbons (Fsp3) is 0.385. The Labute approximate surface area is 104 Å². The van der Waals surface area contributed by atoms with E-state index in [9.17, 15) is 4.79 Å². The zero-order valence-electron chi connectivity index (χ0n) is 9.86. The van der Waals surface area contributed by atoms with Crippen LogP contribution in [0.25, 0.3) is 10.2 Å². The number of rotatable bonds is 2. The number of hydrogen-bond acceptors (Lipinski definition) is 3. The molecular weight excluding hydrogens is 232 g/mol. The molecule has 3 rings (SSSR count). The maximum atomic E-state index is 11.8. The Morgan fingerprint density at radius 1 is 1.53 bits per heavy atom. The van der Waals surface area contributed by atoms with Crippen molar-refractivity contribution in [3.63, 3.8) is 0 Å². The van der Waals surface area contributed by atoms with Crippen molar-refractivity contribution in [2.24, 2.45) is 11.8 Å². The van der Waals surface area contributed by atoms with Crippen LogP contribution in [-0.2, 0) is 4.79 Å². The Balaban J connectivity index is 1.83. The first kappa shape index (κ1) is 10.7. The molecule has 0 radical (unpaired) electrons. The molecule has 0 unspecified atom stereocenters. The van der Waals surface area contributed by atoms with Crippen molar-refractivity contribution in [2.45, 2.75) is 20.3 Å². The second kappa shape index (κ2) is 3.81. The number of hydrogen-bond donors (Lipinski definition) is 1. The smallest absolute Gasteiger partial charge is 0.227 e. The van der Waals surface area contributed by atoms with Crippen molar-refractivity contribution < 1.29 is 4.79 Å². The van der Waals surface area contributed by atoms with E-state index < -0.39 is 0 Å². The Morgan fingerprint density at radius 2 is 2.29 bits per heavy atom. The minimum Gasteiger partial charge on any atom is -0.326 e. The third-order valence-corrected chi connectivity index (χ3v) is 4.14. The first-order chi connectivity index (χ1) is 8.13. The molecule has 1 aliphatic rings. The molecular formula is C13H14N2OS. The third-order valence-electron chi connectivity index (χ3n) is 3.21. The zero-order chi connectivity index (χ0) is 12.0. The Morgan fingerprint density at radius 3 is 3.00 bits per heavy atom. The van der Waals surface area contributed by atoms with Gasteiger partial charge in [-0.05, 0) is 37.5 Å². The van der Waals surface area contributed by atoms with Gasteiger partial charge >= 0.3 is 0 Å². The quantitative estimate of drug-likeness (QED) is 0.884. The highest BCUT2D eigenvalue weighted by molar-refractivity contribution is 7.18. The number of aryl methyl sites for hydroxylation is 1. The molecule has 2 aromatic rings. The van der Waals surface area contributed by atoms with E-state index in [4.69, 9.17) is 0 Å². The van der Waals surface area contributed by atoms with Gasteiger partial charge in [0.05, 0.1) is 15.2 Å². The predicted octanol–water partition coefficient (Wildman–Crippen LogP) is 3.20. The van der Waals surface area contributed by atoms with Crippen LogP contribution in [0.4, 0.5) is 5.69 Å². The first-order valence-corrected chi connectivity index (χ1v) is 6.63. The SMILES string of the molecule is Cc1nc2ccc(NC(=O)[C@@H]3C[C@@H]3C)cc2s1. The molecule has 2 atom stereocenters. The molecule has 3 nitrogen and oxygen atoms in total. The molecule has 0 saturated heterocycles. The number of nitrogens with zero attached hydrogens (tertiary/aromatic N) is 1. The van der Waals surface area contributed by atoms with Crippen molar-refractivity contribution in [3.8, 4) is 0 Å². The highest BCUT2D eigenvalue weighted by Crippen LogP contribution is 2.38. The van der Waals surface area contributed by atoms with Crippen LogP contribution in [0.2, 0.25) is 0 Å². The van der Waals surface area contributed by atoms with Crippen LogP contribution in [0.1, 0.15) is 18.4 Å². The summed E-state index contributed by atoms with van der Waals surface area (Å²) in [5, 5.41) is 4.03. The summed E-state index contributed by atoms with van der Waals surface area (Å²) in [6.45, 7) is 4.11. The monoisotopic (exact) mass is 246 g/mol. The van der Waals surface area contributed by atoms with E-state index in [2.05, 4.69) is 17.2 Å². The van der Waals surface area contributed by atoms with E-state index in [-0.39, 0.29) is 11.8 Å². The number of thiazole rings is 1. The lowest BCUT2D eigenvalue weighted by Gasteiger charge is -2.03. The van der Waals surface area contributed by atoms with Gasteiger partial charge in [-0.1, -0.05) is 6.92 Å². The molecule has 1 fully saturated rings. The molecule has 1 saturated carbocycles. The van der Waals surface area contributed by atoms with Gasteiger partial charge in [-0.15, -0.1) is 11.3 Å². The van der Waals surface area contributed by atoms with Gasteiger partial charge < -0.3 is 5.32 Å². The molecule has 1 aromatic carbocycles. The number of benzene rings is 1. The van der Waals surface area contributed by atoms with Crippen molar-refractivity contribution >= 4 is 33.1 Å². The summed E-state index contributed by atoms with van der Waals surface area (Å²) in [4.78, 5) is 16.2. The van der Waals surface area contributed by atoms with Crippen LogP contribution in [0.5, 0.6) is 0 Å². The molecule has 1 heterocycles. The second-order valence-corrected chi connectivity index (χ2v) is 5.96. The summed E-state index contributed by atoms with van der Waals surface area (Å²) in [6, 6.07) is 5.89. The largest absolute Gasteiger partial charge is 0.326 e. The van der Waals surface area contributed by atoms with Gasteiger partial charge in [-0.25, -0.2) is 4.98 Å². The molecule has 1 aliphatic carbocycles. The number of amides is 1. The Kier molecular flexibility index (Phi) is 2.40. The maximum Gasteiger partial charge on any atom is 0.227 e.